The van der Waals surface area contributed by atoms with Crippen molar-refractivity contribution in [2.75, 3.05) is 0 Å². The summed E-state index contributed by atoms with van der Waals surface area (Å²) in [6.07, 6.45) is 12.3. The molecule has 0 bridgehead atoms. The van der Waals surface area contributed by atoms with E-state index in [1.54, 1.807) is 24.7 Å². The summed E-state index contributed by atoms with van der Waals surface area (Å²) in [5.41, 5.74) is 1.39. The van der Waals surface area contributed by atoms with Crippen molar-refractivity contribution in [1.82, 2.24) is 9.55 Å². The number of hydrogen-bond donors (Lipinski definition) is 0. The number of nitrogens with zero attached hydrogens (tertiary/aromatic N) is 3. The molecular weight excluding hydrogens is 329 g/mol. The van der Waals surface area contributed by atoms with Crippen molar-refractivity contribution in [3.63, 3.8) is 0 Å². The maximum absolute atomic E-state index is 14.4. The first-order chi connectivity index (χ1) is 11.7. The fourth-order valence-corrected chi connectivity index (χ4v) is 3.64. The standard InChI is InChI=1S/C18H17ClFN3O/c19-13-4-5-14(16(20)10-13)17-15(11-23-9-8-21-12-23)18(24-22-17)6-2-1-3-7-18/h4-5,8-12H,1-3,6-7H2/b15-11+. The summed E-state index contributed by atoms with van der Waals surface area (Å²) in [7, 11) is 0. The molecular formula is C18H17ClFN3O. The van der Waals surface area contributed by atoms with E-state index >= 15 is 0 Å². The van der Waals surface area contributed by atoms with E-state index in [1.165, 1.54) is 12.5 Å². The Kier molecular flexibility index (Phi) is 3.88. The quantitative estimate of drug-likeness (QED) is 0.794. The number of halogens is 2. The van der Waals surface area contributed by atoms with Crippen LogP contribution in [0, 0.1) is 5.82 Å². The lowest BCUT2D eigenvalue weighted by Gasteiger charge is -2.32. The van der Waals surface area contributed by atoms with Crippen molar-refractivity contribution in [1.29, 1.82) is 0 Å². The molecule has 24 heavy (non-hydrogen) atoms. The Bertz CT molecular complexity index is 808. The van der Waals surface area contributed by atoms with Crippen molar-refractivity contribution < 1.29 is 9.23 Å². The van der Waals surface area contributed by atoms with Crippen LogP contribution in [0.2, 0.25) is 5.02 Å². The summed E-state index contributed by atoms with van der Waals surface area (Å²) in [4.78, 5) is 9.95. The lowest BCUT2D eigenvalue weighted by atomic mass is 9.77. The molecule has 1 fully saturated rings. The van der Waals surface area contributed by atoms with Gasteiger partial charge >= 0.3 is 0 Å². The van der Waals surface area contributed by atoms with Gasteiger partial charge in [0.1, 0.15) is 11.5 Å². The van der Waals surface area contributed by atoms with E-state index in [9.17, 15) is 4.39 Å². The van der Waals surface area contributed by atoms with Crippen molar-refractivity contribution in [2.24, 2.45) is 5.16 Å². The maximum Gasteiger partial charge on any atom is 0.166 e. The van der Waals surface area contributed by atoms with Gasteiger partial charge in [-0.1, -0.05) is 23.2 Å². The minimum absolute atomic E-state index is 0.364. The van der Waals surface area contributed by atoms with E-state index in [4.69, 9.17) is 16.4 Å². The Morgan fingerprint density at radius 1 is 1.25 bits per heavy atom. The topological polar surface area (TPSA) is 39.4 Å². The van der Waals surface area contributed by atoms with E-state index in [-0.39, 0.29) is 0 Å². The summed E-state index contributed by atoms with van der Waals surface area (Å²) in [6.45, 7) is 0. The molecule has 0 radical (unpaired) electrons. The predicted molar refractivity (Wildman–Crippen MR) is 91.3 cm³/mol. The monoisotopic (exact) mass is 345 g/mol. The van der Waals surface area contributed by atoms with Gasteiger partial charge in [-0.2, -0.15) is 0 Å². The molecule has 1 aliphatic heterocycles. The lowest BCUT2D eigenvalue weighted by Crippen LogP contribution is -2.34. The summed E-state index contributed by atoms with van der Waals surface area (Å²) in [5.74, 6) is -0.394. The molecule has 1 aromatic carbocycles. The van der Waals surface area contributed by atoms with Crippen LogP contribution in [0.3, 0.4) is 0 Å². The van der Waals surface area contributed by atoms with Crippen LogP contribution in [-0.4, -0.2) is 20.9 Å². The molecule has 0 N–H and O–H groups in total. The highest BCUT2D eigenvalue weighted by molar-refractivity contribution is 6.30. The molecule has 4 rings (SSSR count). The van der Waals surface area contributed by atoms with E-state index in [0.717, 1.165) is 31.3 Å². The number of imidazole rings is 1. The van der Waals surface area contributed by atoms with Gasteiger partial charge in [0.05, 0.1) is 6.33 Å². The van der Waals surface area contributed by atoms with Crippen LogP contribution >= 0.6 is 11.6 Å². The molecule has 2 aliphatic rings. The average molecular weight is 346 g/mol. The van der Waals surface area contributed by atoms with Crippen molar-refractivity contribution in [2.45, 2.75) is 37.7 Å². The van der Waals surface area contributed by atoms with E-state index in [0.29, 0.717) is 16.3 Å². The average Bonchev–Trinajstić information content (AvgIpc) is 3.19. The predicted octanol–water partition coefficient (Wildman–Crippen LogP) is 4.65. The van der Waals surface area contributed by atoms with Gasteiger partial charge < -0.3 is 9.40 Å². The normalized spacial score (nSPS) is 21.1. The molecule has 4 nitrogen and oxygen atoms in total. The third-order valence-corrected chi connectivity index (χ3v) is 4.94. The molecule has 1 aromatic heterocycles. The zero-order valence-corrected chi connectivity index (χ0v) is 13.8. The molecule has 1 aliphatic carbocycles. The molecule has 2 aromatic rings. The van der Waals surface area contributed by atoms with Gasteiger partial charge in [0.2, 0.25) is 0 Å². The maximum atomic E-state index is 14.4. The van der Waals surface area contributed by atoms with Crippen molar-refractivity contribution in [3.8, 4) is 0 Å². The first-order valence-corrected chi connectivity index (χ1v) is 8.47. The van der Waals surface area contributed by atoms with E-state index in [2.05, 4.69) is 10.1 Å². The Balaban J connectivity index is 1.81. The van der Waals surface area contributed by atoms with Crippen molar-refractivity contribution in [3.05, 3.63) is 58.9 Å². The summed E-state index contributed by atoms with van der Waals surface area (Å²) in [5, 5.41) is 4.63. The zero-order chi connectivity index (χ0) is 16.6. The molecule has 124 valence electrons. The fraction of sp³-hybridized carbons (Fsp3) is 0.333. The van der Waals surface area contributed by atoms with E-state index < -0.39 is 11.4 Å². The summed E-state index contributed by atoms with van der Waals surface area (Å²) in [6, 6.07) is 4.63. The zero-order valence-electron chi connectivity index (χ0n) is 13.1. The van der Waals surface area contributed by atoms with E-state index in [1.807, 2.05) is 17.0 Å². The van der Waals surface area contributed by atoms with Crippen LogP contribution in [0.4, 0.5) is 4.39 Å². The third kappa shape index (κ3) is 2.63. The van der Waals surface area contributed by atoms with Gasteiger partial charge in [-0.25, -0.2) is 9.37 Å². The van der Waals surface area contributed by atoms with Gasteiger partial charge in [-0.15, -0.1) is 0 Å². The van der Waals surface area contributed by atoms with Gasteiger partial charge in [-0.05, 0) is 43.9 Å². The highest BCUT2D eigenvalue weighted by Gasteiger charge is 2.46. The highest BCUT2D eigenvalue weighted by atomic mass is 35.5. The molecule has 0 saturated heterocycles. The SMILES string of the molecule is Fc1cc(Cl)ccc1C1=NOC2(CCCCC2)/C1=C/n1ccnc1. The van der Waals surface area contributed by atoms with Crippen LogP contribution < -0.4 is 0 Å². The van der Waals surface area contributed by atoms with Gasteiger partial charge in [-0.3, -0.25) is 0 Å². The Morgan fingerprint density at radius 2 is 2.08 bits per heavy atom. The van der Waals surface area contributed by atoms with Crippen LogP contribution in [-0.2, 0) is 4.84 Å². The number of hydrogen-bond acceptors (Lipinski definition) is 3. The Labute approximate surface area is 144 Å². The Morgan fingerprint density at radius 3 is 2.79 bits per heavy atom. The second-order valence-corrected chi connectivity index (χ2v) is 6.70. The van der Waals surface area contributed by atoms with Gasteiger partial charge in [0, 0.05) is 34.8 Å². The van der Waals surface area contributed by atoms with Crippen LogP contribution in [0.1, 0.15) is 37.7 Å². The second kappa shape index (κ2) is 6.06. The van der Waals surface area contributed by atoms with Crippen LogP contribution in [0.15, 0.2) is 47.6 Å². The molecule has 6 heteroatoms. The van der Waals surface area contributed by atoms with Gasteiger partial charge in [0.15, 0.2) is 5.60 Å². The molecule has 0 atom stereocenters. The van der Waals surface area contributed by atoms with Crippen LogP contribution in [0.25, 0.3) is 6.20 Å². The minimum Gasteiger partial charge on any atom is -0.384 e. The minimum atomic E-state index is -0.468. The summed E-state index contributed by atoms with van der Waals surface area (Å²) < 4.78 is 16.3. The van der Waals surface area contributed by atoms with Gasteiger partial charge in [0.25, 0.3) is 0 Å². The lowest BCUT2D eigenvalue weighted by molar-refractivity contribution is -0.0214. The summed E-state index contributed by atoms with van der Waals surface area (Å²) >= 11 is 5.88. The van der Waals surface area contributed by atoms with Crippen LogP contribution in [0.5, 0.6) is 0 Å². The molecule has 1 spiro atoms. The number of aromatic nitrogens is 2. The largest absolute Gasteiger partial charge is 0.384 e. The van der Waals surface area contributed by atoms with Crippen molar-refractivity contribution >= 4 is 23.5 Å². The molecule has 2 heterocycles. The number of benzene rings is 1. The smallest absolute Gasteiger partial charge is 0.166 e. The molecule has 1 saturated carbocycles. The Hall–Kier alpha value is -2.14. The molecule has 0 amide bonds. The first kappa shape index (κ1) is 15.4. The molecule has 0 unspecified atom stereocenters. The fourth-order valence-electron chi connectivity index (χ4n) is 3.48. The second-order valence-electron chi connectivity index (χ2n) is 6.26. The highest BCUT2D eigenvalue weighted by Crippen LogP contribution is 2.43. The first-order valence-electron chi connectivity index (χ1n) is 8.10. The number of oxime groups is 1. The third-order valence-electron chi connectivity index (χ3n) is 4.71. The number of rotatable bonds is 2.